The van der Waals surface area contributed by atoms with Crippen LogP contribution in [0.2, 0.25) is 0 Å². The molecule has 0 saturated carbocycles. The molecule has 1 unspecified atom stereocenters. The predicted molar refractivity (Wildman–Crippen MR) is 32.5 cm³/mol. The zero-order valence-electron chi connectivity index (χ0n) is 7.07. The second-order valence-electron chi connectivity index (χ2n) is 1.59. The molecule has 0 bridgehead atoms. The summed E-state index contributed by atoms with van der Waals surface area (Å²) in [6, 6.07) is -1.81. The molecule has 10 heavy (non-hydrogen) atoms. The van der Waals surface area contributed by atoms with E-state index in [-0.39, 0.29) is 0 Å². The van der Waals surface area contributed by atoms with Gasteiger partial charge in [0.2, 0.25) is 0 Å². The van der Waals surface area contributed by atoms with Crippen molar-refractivity contribution in [2.45, 2.75) is 18.8 Å². The first-order valence-electron chi connectivity index (χ1n) is 3.47. The van der Waals surface area contributed by atoms with Crippen molar-refractivity contribution in [1.29, 1.82) is 0 Å². The fraction of sp³-hybridized carbons (Fsp3) is 0.600. The summed E-state index contributed by atoms with van der Waals surface area (Å²) in [5.74, 6) is -2.97. The molecular weight excluding hydrogens is 138 g/mol. The number of carboxylic acid groups (broad SMARTS) is 2. The van der Waals surface area contributed by atoms with Gasteiger partial charge in [-0.05, 0) is 6.37 Å². The third-order valence-electron chi connectivity index (χ3n) is 0.739. The highest BCUT2D eigenvalue weighted by atomic mass is 16.4. The third-order valence-corrected chi connectivity index (χ3v) is 0.739. The van der Waals surface area contributed by atoms with Gasteiger partial charge in [-0.15, -0.1) is 0 Å². The van der Waals surface area contributed by atoms with Gasteiger partial charge in [0.25, 0.3) is 0 Å². The summed E-state index contributed by atoms with van der Waals surface area (Å²) in [6.07, 6.45) is -3.34. The van der Waals surface area contributed by atoms with Crippen LogP contribution in [-0.4, -0.2) is 28.2 Å². The van der Waals surface area contributed by atoms with Gasteiger partial charge >= 0.3 is 11.9 Å². The molecule has 0 aromatic carbocycles. The van der Waals surface area contributed by atoms with Gasteiger partial charge in [-0.3, -0.25) is 9.59 Å². The van der Waals surface area contributed by atoms with Crippen molar-refractivity contribution in [3.8, 4) is 0 Å². The van der Waals surface area contributed by atoms with Crippen LogP contribution in [0.25, 0.3) is 0 Å². The lowest BCUT2D eigenvalue weighted by Gasteiger charge is -2.01. The molecule has 0 rings (SSSR count). The van der Waals surface area contributed by atoms with Crippen molar-refractivity contribution < 1.29 is 22.5 Å². The molecule has 0 aliphatic heterocycles. The van der Waals surface area contributed by atoms with Crippen LogP contribution in [0.15, 0.2) is 0 Å². The fourth-order valence-electron chi connectivity index (χ4n) is 0.285. The third kappa shape index (κ3) is 3.85. The Balaban J connectivity index is 4.38. The standard InChI is InChI=1S/C5H9NO4/c6-3(5(9)10)1-2-4(7)8/h3H,1-2,6H2,(H,7,8)(H,9,10)/i1D2. The van der Waals surface area contributed by atoms with E-state index in [4.69, 9.17) is 18.7 Å². The van der Waals surface area contributed by atoms with E-state index in [2.05, 4.69) is 0 Å². The smallest absolute Gasteiger partial charge is 0.320 e. The van der Waals surface area contributed by atoms with Gasteiger partial charge in [-0.1, -0.05) is 0 Å². The number of aliphatic carboxylic acids is 2. The highest BCUT2D eigenvalue weighted by Gasteiger charge is 2.12. The van der Waals surface area contributed by atoms with E-state index in [1.807, 2.05) is 0 Å². The van der Waals surface area contributed by atoms with Crippen molar-refractivity contribution in [2.75, 3.05) is 0 Å². The highest BCUT2D eigenvalue weighted by Crippen LogP contribution is 1.93. The first-order chi connectivity index (χ1) is 5.27. The van der Waals surface area contributed by atoms with Crippen LogP contribution in [-0.2, 0) is 9.59 Å². The second-order valence-corrected chi connectivity index (χ2v) is 1.59. The largest absolute Gasteiger partial charge is 0.481 e. The summed E-state index contributed by atoms with van der Waals surface area (Å²) in [5.41, 5.74) is 4.90. The topological polar surface area (TPSA) is 101 Å². The van der Waals surface area contributed by atoms with Crippen molar-refractivity contribution in [2.24, 2.45) is 5.73 Å². The monoisotopic (exact) mass is 149 g/mol. The Labute approximate surface area is 60.3 Å². The molecule has 0 amide bonds. The molecule has 0 fully saturated rings. The summed E-state index contributed by atoms with van der Waals surface area (Å²) in [5, 5.41) is 16.5. The Morgan fingerprint density at radius 1 is 1.60 bits per heavy atom. The minimum absolute atomic E-state index is 0.916. The number of rotatable bonds is 4. The quantitative estimate of drug-likeness (QED) is 0.489. The van der Waals surface area contributed by atoms with Crippen molar-refractivity contribution in [1.82, 2.24) is 0 Å². The molecule has 0 aromatic rings. The molecule has 0 aliphatic carbocycles. The average Bonchev–Trinajstić information content (AvgIpc) is 1.82. The minimum Gasteiger partial charge on any atom is -0.481 e. The SMILES string of the molecule is [2H]C([2H])(CC(=O)O)C(N)C(=O)O. The van der Waals surface area contributed by atoms with E-state index in [1.54, 1.807) is 0 Å². The Kier molecular flexibility index (Phi) is 2.17. The summed E-state index contributed by atoms with van der Waals surface area (Å²) < 4.78 is 13.9. The van der Waals surface area contributed by atoms with Crippen LogP contribution in [0.5, 0.6) is 0 Å². The molecule has 4 N–H and O–H groups in total. The number of hydrogen-bond acceptors (Lipinski definition) is 3. The summed E-state index contributed by atoms with van der Waals surface area (Å²) in [6.45, 7) is 0. The molecular formula is C5H9NO4. The van der Waals surface area contributed by atoms with Crippen molar-refractivity contribution >= 4 is 11.9 Å². The maximum atomic E-state index is 10.2. The minimum atomic E-state index is -2.42. The van der Waals surface area contributed by atoms with Gasteiger partial charge in [-0.2, -0.15) is 0 Å². The van der Waals surface area contributed by atoms with Gasteiger partial charge in [0.15, 0.2) is 0 Å². The van der Waals surface area contributed by atoms with Gasteiger partial charge < -0.3 is 15.9 Å². The van der Waals surface area contributed by atoms with E-state index in [0.717, 1.165) is 0 Å². The second kappa shape index (κ2) is 3.84. The van der Waals surface area contributed by atoms with E-state index in [1.165, 1.54) is 0 Å². The predicted octanol–water partition coefficient (Wildman–Crippen LogP) is -0.737. The maximum absolute atomic E-state index is 10.2. The average molecular weight is 149 g/mol. The maximum Gasteiger partial charge on any atom is 0.320 e. The number of carbonyl (C=O) groups is 2. The molecule has 0 aliphatic rings. The van der Waals surface area contributed by atoms with Crippen LogP contribution in [0.3, 0.4) is 0 Å². The van der Waals surface area contributed by atoms with Crippen LogP contribution in [0.1, 0.15) is 15.5 Å². The zero-order valence-corrected chi connectivity index (χ0v) is 5.07. The molecule has 5 nitrogen and oxygen atoms in total. The lowest BCUT2D eigenvalue weighted by Crippen LogP contribution is -2.30. The van der Waals surface area contributed by atoms with Crippen molar-refractivity contribution in [3.63, 3.8) is 0 Å². The molecule has 0 spiro atoms. The Hall–Kier alpha value is -1.10. The van der Waals surface area contributed by atoms with Crippen LogP contribution in [0.4, 0.5) is 0 Å². The summed E-state index contributed by atoms with van der Waals surface area (Å²) in [7, 11) is 0. The lowest BCUT2D eigenvalue weighted by molar-refractivity contribution is -0.139. The molecule has 58 valence electrons. The van der Waals surface area contributed by atoms with E-state index in [0.29, 0.717) is 0 Å². The first-order valence-corrected chi connectivity index (χ1v) is 2.47. The summed E-state index contributed by atoms with van der Waals surface area (Å²) in [4.78, 5) is 20.2. The molecule has 1 atom stereocenters. The van der Waals surface area contributed by atoms with Gasteiger partial charge in [0.05, 0.1) is 0 Å². The van der Waals surface area contributed by atoms with E-state index < -0.39 is 30.8 Å². The number of carboxylic acids is 2. The summed E-state index contributed by atoms with van der Waals surface area (Å²) >= 11 is 0. The van der Waals surface area contributed by atoms with Crippen LogP contribution < -0.4 is 5.73 Å². The molecule has 5 heteroatoms. The van der Waals surface area contributed by atoms with Crippen LogP contribution in [0, 0.1) is 0 Å². The fourth-order valence-corrected chi connectivity index (χ4v) is 0.285. The normalized spacial score (nSPS) is 16.9. The van der Waals surface area contributed by atoms with Crippen molar-refractivity contribution in [3.05, 3.63) is 0 Å². The molecule has 0 aromatic heterocycles. The first kappa shape index (κ1) is 5.67. The highest BCUT2D eigenvalue weighted by molar-refractivity contribution is 5.74. The van der Waals surface area contributed by atoms with E-state index >= 15 is 0 Å². The Morgan fingerprint density at radius 3 is 2.40 bits per heavy atom. The van der Waals surface area contributed by atoms with Gasteiger partial charge in [-0.25, -0.2) is 0 Å². The van der Waals surface area contributed by atoms with Gasteiger partial charge in [0, 0.05) is 9.16 Å². The Bertz CT molecular complexity index is 206. The number of hydrogen-bond donors (Lipinski definition) is 3. The Morgan fingerprint density at radius 2 is 2.10 bits per heavy atom. The molecule has 0 heterocycles. The zero-order chi connectivity index (χ0) is 9.94. The van der Waals surface area contributed by atoms with Gasteiger partial charge in [0.1, 0.15) is 6.04 Å². The number of nitrogens with two attached hydrogens (primary N) is 1. The molecule has 0 saturated heterocycles. The van der Waals surface area contributed by atoms with Crippen LogP contribution >= 0.6 is 0 Å². The van der Waals surface area contributed by atoms with E-state index in [9.17, 15) is 9.59 Å². The molecule has 0 radical (unpaired) electrons. The lowest BCUT2D eigenvalue weighted by atomic mass is 10.2.